The number of carbonyl (C=O) groups excluding carboxylic acids is 1. The van der Waals surface area contributed by atoms with Crippen molar-refractivity contribution in [1.29, 1.82) is 0 Å². The van der Waals surface area contributed by atoms with Gasteiger partial charge in [-0.05, 0) is 32.2 Å². The molecule has 124 valence electrons. The lowest BCUT2D eigenvalue weighted by molar-refractivity contribution is 0.0950. The summed E-state index contributed by atoms with van der Waals surface area (Å²) in [5, 5.41) is 5.75. The van der Waals surface area contributed by atoms with Crippen LogP contribution in [0.15, 0.2) is 29.2 Å². The Kier molecular flexibility index (Phi) is 7.46. The van der Waals surface area contributed by atoms with E-state index >= 15 is 0 Å². The van der Waals surface area contributed by atoms with Crippen molar-refractivity contribution in [3.05, 3.63) is 29.8 Å². The highest BCUT2D eigenvalue weighted by Crippen LogP contribution is 2.11. The first kappa shape index (κ1) is 18.6. The van der Waals surface area contributed by atoms with Gasteiger partial charge in [0.15, 0.2) is 0 Å². The molecular formula is C14H23N3O4S. The number of rotatable bonds is 9. The minimum atomic E-state index is -3.65. The molecule has 0 heterocycles. The van der Waals surface area contributed by atoms with Gasteiger partial charge in [-0.1, -0.05) is 6.07 Å². The third kappa shape index (κ3) is 5.72. The fourth-order valence-electron chi connectivity index (χ4n) is 1.62. The summed E-state index contributed by atoms with van der Waals surface area (Å²) < 4.78 is 31.4. The minimum absolute atomic E-state index is 0.0536. The first-order valence-electron chi connectivity index (χ1n) is 6.95. The molecule has 0 aliphatic rings. The number of amides is 1. The van der Waals surface area contributed by atoms with Gasteiger partial charge in [-0.2, -0.15) is 0 Å². The van der Waals surface area contributed by atoms with Crippen molar-refractivity contribution in [2.75, 3.05) is 33.9 Å². The van der Waals surface area contributed by atoms with Gasteiger partial charge in [0.25, 0.3) is 5.91 Å². The SMILES string of the molecule is CNC(C)CNC(=O)c1cccc(S(=O)(=O)NCCOC)c1. The van der Waals surface area contributed by atoms with Crippen LogP contribution in [0.4, 0.5) is 0 Å². The van der Waals surface area contributed by atoms with E-state index in [1.54, 1.807) is 19.2 Å². The summed E-state index contributed by atoms with van der Waals surface area (Å²) in [6.07, 6.45) is 0. The van der Waals surface area contributed by atoms with E-state index in [1.807, 2.05) is 6.92 Å². The van der Waals surface area contributed by atoms with Crippen molar-refractivity contribution in [1.82, 2.24) is 15.4 Å². The number of hydrogen-bond donors (Lipinski definition) is 3. The van der Waals surface area contributed by atoms with Crippen LogP contribution in [0.25, 0.3) is 0 Å². The van der Waals surface area contributed by atoms with Crippen molar-refractivity contribution in [3.8, 4) is 0 Å². The van der Waals surface area contributed by atoms with Gasteiger partial charge in [0, 0.05) is 31.8 Å². The second kappa shape index (κ2) is 8.84. The molecule has 1 unspecified atom stereocenters. The summed E-state index contributed by atoms with van der Waals surface area (Å²) in [4.78, 5) is 12.1. The Morgan fingerprint density at radius 2 is 2.09 bits per heavy atom. The Hall–Kier alpha value is -1.48. The molecule has 0 aliphatic heterocycles. The van der Waals surface area contributed by atoms with Gasteiger partial charge in [-0.15, -0.1) is 0 Å². The number of methoxy groups -OCH3 is 1. The van der Waals surface area contributed by atoms with Crippen LogP contribution in [0, 0.1) is 0 Å². The fourth-order valence-corrected chi connectivity index (χ4v) is 2.67. The van der Waals surface area contributed by atoms with Gasteiger partial charge in [0.2, 0.25) is 10.0 Å². The maximum atomic E-state index is 12.1. The average Bonchev–Trinajstić information content (AvgIpc) is 2.52. The van der Waals surface area contributed by atoms with Crippen molar-refractivity contribution in [3.63, 3.8) is 0 Å². The minimum Gasteiger partial charge on any atom is -0.383 e. The highest BCUT2D eigenvalue weighted by Gasteiger charge is 2.16. The molecule has 7 nitrogen and oxygen atoms in total. The maximum Gasteiger partial charge on any atom is 0.251 e. The Morgan fingerprint density at radius 1 is 1.36 bits per heavy atom. The number of ether oxygens (including phenoxy) is 1. The van der Waals surface area contributed by atoms with Gasteiger partial charge in [-0.3, -0.25) is 4.79 Å². The van der Waals surface area contributed by atoms with Crippen LogP contribution in [0.2, 0.25) is 0 Å². The number of nitrogens with one attached hydrogen (secondary N) is 3. The molecule has 1 amide bonds. The third-order valence-corrected chi connectivity index (χ3v) is 4.53. The van der Waals surface area contributed by atoms with Crippen LogP contribution in [0.1, 0.15) is 17.3 Å². The Labute approximate surface area is 131 Å². The summed E-state index contributed by atoms with van der Waals surface area (Å²) in [5.74, 6) is -0.309. The standard InChI is InChI=1S/C14H23N3O4S/c1-11(15-2)10-16-14(18)12-5-4-6-13(9-12)22(19,20)17-7-8-21-3/h4-6,9,11,15,17H,7-8,10H2,1-3H3,(H,16,18). The molecule has 0 radical (unpaired) electrons. The Morgan fingerprint density at radius 3 is 2.73 bits per heavy atom. The van der Waals surface area contributed by atoms with E-state index in [9.17, 15) is 13.2 Å². The first-order valence-corrected chi connectivity index (χ1v) is 8.43. The van der Waals surface area contributed by atoms with Crippen LogP contribution in [-0.4, -0.2) is 54.2 Å². The van der Waals surface area contributed by atoms with E-state index in [0.717, 1.165) is 0 Å². The fraction of sp³-hybridized carbons (Fsp3) is 0.500. The number of sulfonamides is 1. The van der Waals surface area contributed by atoms with Crippen LogP contribution in [0.5, 0.6) is 0 Å². The largest absolute Gasteiger partial charge is 0.383 e. The van der Waals surface area contributed by atoms with Crippen LogP contribution in [0.3, 0.4) is 0 Å². The number of benzene rings is 1. The molecule has 3 N–H and O–H groups in total. The monoisotopic (exact) mass is 329 g/mol. The maximum absolute atomic E-state index is 12.1. The average molecular weight is 329 g/mol. The molecule has 0 aromatic heterocycles. The lowest BCUT2D eigenvalue weighted by Gasteiger charge is -2.12. The van der Waals surface area contributed by atoms with Gasteiger partial charge in [0.05, 0.1) is 11.5 Å². The molecule has 0 fully saturated rings. The smallest absolute Gasteiger partial charge is 0.251 e. The summed E-state index contributed by atoms with van der Waals surface area (Å²) in [5.41, 5.74) is 0.304. The topological polar surface area (TPSA) is 96.5 Å². The molecule has 0 bridgehead atoms. The van der Waals surface area contributed by atoms with Gasteiger partial charge >= 0.3 is 0 Å². The highest BCUT2D eigenvalue weighted by atomic mass is 32.2. The van der Waals surface area contributed by atoms with Crippen LogP contribution >= 0.6 is 0 Å². The zero-order valence-electron chi connectivity index (χ0n) is 13.0. The summed E-state index contributed by atoms with van der Waals surface area (Å²) in [6, 6.07) is 6.05. The second-order valence-corrected chi connectivity index (χ2v) is 6.59. The van der Waals surface area contributed by atoms with E-state index in [0.29, 0.717) is 12.1 Å². The predicted octanol–water partition coefficient (Wildman–Crippen LogP) is -0.0510. The first-order chi connectivity index (χ1) is 10.4. The molecule has 1 rings (SSSR count). The van der Waals surface area contributed by atoms with Gasteiger partial charge < -0.3 is 15.4 Å². The van der Waals surface area contributed by atoms with E-state index in [4.69, 9.17) is 4.74 Å². The molecule has 1 atom stereocenters. The predicted molar refractivity (Wildman–Crippen MR) is 84.4 cm³/mol. The molecule has 1 aromatic carbocycles. The van der Waals surface area contributed by atoms with Crippen LogP contribution < -0.4 is 15.4 Å². The molecule has 8 heteroatoms. The van der Waals surface area contributed by atoms with Crippen molar-refractivity contribution in [2.24, 2.45) is 0 Å². The van der Waals surface area contributed by atoms with E-state index in [1.165, 1.54) is 19.2 Å². The quantitative estimate of drug-likeness (QED) is 0.552. The summed E-state index contributed by atoms with van der Waals surface area (Å²) >= 11 is 0. The second-order valence-electron chi connectivity index (χ2n) is 4.82. The lowest BCUT2D eigenvalue weighted by Crippen LogP contribution is -2.37. The van der Waals surface area contributed by atoms with E-state index in [2.05, 4.69) is 15.4 Å². The number of hydrogen-bond acceptors (Lipinski definition) is 5. The zero-order valence-corrected chi connectivity index (χ0v) is 13.9. The Balaban J connectivity index is 2.78. The summed E-state index contributed by atoms with van der Waals surface area (Å²) in [7, 11) is -0.354. The molecular weight excluding hydrogens is 306 g/mol. The molecule has 0 saturated heterocycles. The van der Waals surface area contributed by atoms with Gasteiger partial charge in [0.1, 0.15) is 0 Å². The van der Waals surface area contributed by atoms with Crippen molar-refractivity contribution >= 4 is 15.9 Å². The molecule has 0 saturated carbocycles. The lowest BCUT2D eigenvalue weighted by atomic mass is 10.2. The third-order valence-electron chi connectivity index (χ3n) is 3.07. The van der Waals surface area contributed by atoms with E-state index < -0.39 is 10.0 Å². The molecule has 1 aromatic rings. The summed E-state index contributed by atoms with van der Waals surface area (Å²) in [6.45, 7) is 2.84. The number of likely N-dealkylation sites (N-methyl/N-ethyl adjacent to an activating group) is 1. The van der Waals surface area contributed by atoms with Crippen LogP contribution in [-0.2, 0) is 14.8 Å². The van der Waals surface area contributed by atoms with Gasteiger partial charge in [-0.25, -0.2) is 13.1 Å². The Bertz CT molecular complexity index is 590. The highest BCUT2D eigenvalue weighted by molar-refractivity contribution is 7.89. The molecule has 22 heavy (non-hydrogen) atoms. The molecule has 0 spiro atoms. The van der Waals surface area contributed by atoms with E-state index in [-0.39, 0.29) is 30.0 Å². The van der Waals surface area contributed by atoms with Crippen molar-refractivity contribution < 1.29 is 17.9 Å². The normalized spacial score (nSPS) is 12.9. The number of carbonyl (C=O) groups is 1. The zero-order chi connectivity index (χ0) is 16.6. The van der Waals surface area contributed by atoms with Crippen molar-refractivity contribution in [2.45, 2.75) is 17.9 Å². The molecule has 0 aliphatic carbocycles.